The molecule has 1 aromatic heterocycles. The molecule has 1 aliphatic rings. The van der Waals surface area contributed by atoms with Gasteiger partial charge in [-0.25, -0.2) is 0 Å². The fraction of sp³-hybridized carbons (Fsp3) is 0.700. The number of nitrogens with zero attached hydrogens (tertiary/aromatic N) is 2. The molecule has 1 aliphatic carbocycles. The van der Waals surface area contributed by atoms with Crippen LogP contribution < -0.4 is 10.6 Å². The molecule has 88 valence electrons. The smallest absolute Gasteiger partial charge is 0.282 e. The van der Waals surface area contributed by atoms with Crippen molar-refractivity contribution in [2.45, 2.75) is 26.2 Å². The minimum absolute atomic E-state index is 0.118. The van der Waals surface area contributed by atoms with Crippen LogP contribution in [0.4, 0.5) is 5.13 Å². The molecule has 0 unspecified atom stereocenters. The third kappa shape index (κ3) is 2.32. The Kier molecular flexibility index (Phi) is 3.09. The van der Waals surface area contributed by atoms with E-state index in [1.54, 1.807) is 7.05 Å². The molecule has 0 bridgehead atoms. The van der Waals surface area contributed by atoms with Gasteiger partial charge in [0.2, 0.25) is 10.1 Å². The van der Waals surface area contributed by atoms with E-state index in [9.17, 15) is 4.79 Å². The molecule has 1 heterocycles. The zero-order chi connectivity index (χ0) is 11.6. The van der Waals surface area contributed by atoms with Crippen LogP contribution in [0.5, 0.6) is 0 Å². The molecule has 5 nitrogen and oxygen atoms in total. The fourth-order valence-corrected chi connectivity index (χ4v) is 2.36. The van der Waals surface area contributed by atoms with Gasteiger partial charge in [-0.2, -0.15) is 0 Å². The topological polar surface area (TPSA) is 66.9 Å². The number of carbonyl (C=O) groups is 1. The standard InChI is InChI=1S/C10H16N4OS/c1-10(4-3-5-10)6-12-7(15)8-13-14-9(11-2)16-8/h3-6H2,1-2H3,(H,11,14)(H,12,15). The Hall–Kier alpha value is -1.17. The van der Waals surface area contributed by atoms with Crippen molar-refractivity contribution in [2.24, 2.45) is 5.41 Å². The van der Waals surface area contributed by atoms with Crippen molar-refractivity contribution in [1.82, 2.24) is 15.5 Å². The van der Waals surface area contributed by atoms with Crippen LogP contribution in [0.1, 0.15) is 36.0 Å². The highest BCUT2D eigenvalue weighted by Gasteiger charge is 2.32. The number of amides is 1. The van der Waals surface area contributed by atoms with E-state index in [1.807, 2.05) is 0 Å². The van der Waals surface area contributed by atoms with Crippen molar-refractivity contribution in [1.29, 1.82) is 0 Å². The molecule has 0 aliphatic heterocycles. The first-order valence-electron chi connectivity index (χ1n) is 5.42. The summed E-state index contributed by atoms with van der Waals surface area (Å²) in [7, 11) is 1.76. The van der Waals surface area contributed by atoms with E-state index in [2.05, 4.69) is 27.8 Å². The third-order valence-corrected chi connectivity index (χ3v) is 4.01. The summed E-state index contributed by atoms with van der Waals surface area (Å²) in [5.74, 6) is -0.118. The molecule has 1 aromatic rings. The van der Waals surface area contributed by atoms with Crippen molar-refractivity contribution >= 4 is 22.4 Å². The van der Waals surface area contributed by atoms with Crippen LogP contribution in [-0.4, -0.2) is 29.7 Å². The van der Waals surface area contributed by atoms with E-state index >= 15 is 0 Å². The van der Waals surface area contributed by atoms with Gasteiger partial charge >= 0.3 is 0 Å². The van der Waals surface area contributed by atoms with E-state index in [4.69, 9.17) is 0 Å². The van der Waals surface area contributed by atoms with Crippen LogP contribution in [0.25, 0.3) is 0 Å². The lowest BCUT2D eigenvalue weighted by Crippen LogP contribution is -2.39. The second-order valence-electron chi connectivity index (χ2n) is 4.51. The Morgan fingerprint density at radius 2 is 2.25 bits per heavy atom. The van der Waals surface area contributed by atoms with Crippen LogP contribution in [0, 0.1) is 5.41 Å². The maximum absolute atomic E-state index is 11.7. The second-order valence-corrected chi connectivity index (χ2v) is 5.49. The van der Waals surface area contributed by atoms with E-state index in [0.717, 1.165) is 6.54 Å². The normalized spacial score (nSPS) is 17.6. The fourth-order valence-electron chi connectivity index (χ4n) is 1.74. The Bertz CT molecular complexity index is 386. The van der Waals surface area contributed by atoms with Crippen molar-refractivity contribution < 1.29 is 4.79 Å². The van der Waals surface area contributed by atoms with E-state index < -0.39 is 0 Å². The molecule has 1 amide bonds. The van der Waals surface area contributed by atoms with Crippen LogP contribution in [-0.2, 0) is 0 Å². The van der Waals surface area contributed by atoms with Gasteiger partial charge in [0.1, 0.15) is 0 Å². The Morgan fingerprint density at radius 3 is 2.75 bits per heavy atom. The predicted octanol–water partition coefficient (Wildman–Crippen LogP) is 1.50. The SMILES string of the molecule is CNc1nnc(C(=O)NCC2(C)CCC2)s1. The largest absolute Gasteiger partial charge is 0.363 e. The Labute approximate surface area is 98.7 Å². The van der Waals surface area contributed by atoms with E-state index in [0.29, 0.717) is 15.6 Å². The van der Waals surface area contributed by atoms with Crippen LogP contribution >= 0.6 is 11.3 Å². The molecule has 2 rings (SSSR count). The predicted molar refractivity (Wildman–Crippen MR) is 63.7 cm³/mol. The highest BCUT2D eigenvalue weighted by atomic mass is 32.1. The lowest BCUT2D eigenvalue weighted by atomic mass is 9.70. The number of hydrogen-bond acceptors (Lipinski definition) is 5. The number of nitrogens with one attached hydrogen (secondary N) is 2. The van der Waals surface area contributed by atoms with Gasteiger partial charge < -0.3 is 10.6 Å². The van der Waals surface area contributed by atoms with Crippen molar-refractivity contribution in [3.8, 4) is 0 Å². The summed E-state index contributed by atoms with van der Waals surface area (Å²) in [6.07, 6.45) is 3.67. The summed E-state index contributed by atoms with van der Waals surface area (Å²) >= 11 is 1.27. The summed E-state index contributed by atoms with van der Waals surface area (Å²) in [6.45, 7) is 2.94. The number of carbonyl (C=O) groups excluding carboxylic acids is 1. The maximum Gasteiger partial charge on any atom is 0.282 e. The van der Waals surface area contributed by atoms with Gasteiger partial charge in [0.05, 0.1) is 0 Å². The molecule has 1 fully saturated rings. The summed E-state index contributed by atoms with van der Waals surface area (Å²) in [4.78, 5) is 11.7. The van der Waals surface area contributed by atoms with Gasteiger partial charge in [0, 0.05) is 13.6 Å². The van der Waals surface area contributed by atoms with Gasteiger partial charge in [0.25, 0.3) is 5.91 Å². The van der Waals surface area contributed by atoms with Crippen molar-refractivity contribution in [2.75, 3.05) is 18.9 Å². The maximum atomic E-state index is 11.7. The first-order chi connectivity index (χ1) is 7.63. The number of hydrogen-bond donors (Lipinski definition) is 2. The summed E-state index contributed by atoms with van der Waals surface area (Å²) in [5, 5.41) is 14.5. The molecule has 6 heteroatoms. The lowest BCUT2D eigenvalue weighted by molar-refractivity contribution is 0.0889. The molecule has 2 N–H and O–H groups in total. The van der Waals surface area contributed by atoms with Gasteiger partial charge in [-0.1, -0.05) is 24.7 Å². The van der Waals surface area contributed by atoms with Gasteiger partial charge in [-0.3, -0.25) is 4.79 Å². The number of anilines is 1. The Balaban J connectivity index is 1.87. The molecule has 0 spiro atoms. The Morgan fingerprint density at radius 1 is 1.50 bits per heavy atom. The van der Waals surface area contributed by atoms with Crippen LogP contribution in [0.15, 0.2) is 0 Å². The summed E-state index contributed by atoms with van der Waals surface area (Å²) in [5.41, 5.74) is 0.298. The van der Waals surface area contributed by atoms with Crippen molar-refractivity contribution in [3.63, 3.8) is 0 Å². The molecule has 16 heavy (non-hydrogen) atoms. The third-order valence-electron chi connectivity index (χ3n) is 3.07. The van der Waals surface area contributed by atoms with Crippen molar-refractivity contribution in [3.05, 3.63) is 5.01 Å². The lowest BCUT2D eigenvalue weighted by Gasteiger charge is -2.38. The first kappa shape index (κ1) is 11.3. The quantitative estimate of drug-likeness (QED) is 0.837. The van der Waals surface area contributed by atoms with E-state index in [-0.39, 0.29) is 5.91 Å². The first-order valence-corrected chi connectivity index (χ1v) is 6.24. The molecule has 0 saturated heterocycles. The zero-order valence-corrected chi connectivity index (χ0v) is 10.4. The highest BCUT2D eigenvalue weighted by Crippen LogP contribution is 2.39. The van der Waals surface area contributed by atoms with E-state index in [1.165, 1.54) is 30.6 Å². The molecule has 0 aromatic carbocycles. The minimum Gasteiger partial charge on any atom is -0.363 e. The number of rotatable bonds is 4. The molecule has 0 radical (unpaired) electrons. The van der Waals surface area contributed by atoms with Gasteiger partial charge in [0.15, 0.2) is 0 Å². The average molecular weight is 240 g/mol. The monoisotopic (exact) mass is 240 g/mol. The van der Waals surface area contributed by atoms with Gasteiger partial charge in [-0.05, 0) is 18.3 Å². The molecular formula is C10H16N4OS. The zero-order valence-electron chi connectivity index (χ0n) is 9.54. The van der Waals surface area contributed by atoms with Crippen LogP contribution in [0.2, 0.25) is 0 Å². The van der Waals surface area contributed by atoms with Gasteiger partial charge in [-0.15, -0.1) is 10.2 Å². The number of aromatic nitrogens is 2. The molecule has 1 saturated carbocycles. The minimum atomic E-state index is -0.118. The highest BCUT2D eigenvalue weighted by molar-refractivity contribution is 7.17. The summed E-state index contributed by atoms with van der Waals surface area (Å²) in [6, 6.07) is 0. The molecule has 0 atom stereocenters. The molecular weight excluding hydrogens is 224 g/mol. The second kappa shape index (κ2) is 4.37. The average Bonchev–Trinajstić information content (AvgIpc) is 2.71. The van der Waals surface area contributed by atoms with Crippen LogP contribution in [0.3, 0.4) is 0 Å². The summed E-state index contributed by atoms with van der Waals surface area (Å²) < 4.78 is 0.